The molecule has 138 valence electrons. The van der Waals surface area contributed by atoms with Crippen LogP contribution in [0.15, 0.2) is 63.1 Å². The summed E-state index contributed by atoms with van der Waals surface area (Å²) in [6.45, 7) is 2.21. The standard InChI is InChI=1S/C19H16BrN3O3S/c1-12-21-19(23-22-12)27-17(18(24)25)10-14-7-8-16(15(20)9-14)26-11-13-5-3-2-4-6-13/h2-10H,11H2,1H3,(H,24,25)(H,21,22,23)/b17-10-. The first-order chi connectivity index (χ1) is 13.0. The van der Waals surface area contributed by atoms with E-state index >= 15 is 0 Å². The molecule has 0 aliphatic rings. The zero-order chi connectivity index (χ0) is 19.2. The van der Waals surface area contributed by atoms with Crippen LogP contribution in [0, 0.1) is 6.92 Å². The summed E-state index contributed by atoms with van der Waals surface area (Å²) in [7, 11) is 0. The minimum Gasteiger partial charge on any atom is -0.488 e. The Balaban J connectivity index is 1.74. The number of hydrogen-bond acceptors (Lipinski definition) is 5. The summed E-state index contributed by atoms with van der Waals surface area (Å²) >= 11 is 4.47. The molecule has 0 saturated carbocycles. The van der Waals surface area contributed by atoms with Crippen LogP contribution in [-0.4, -0.2) is 26.3 Å². The first kappa shape index (κ1) is 19.2. The van der Waals surface area contributed by atoms with Gasteiger partial charge in [0.1, 0.15) is 23.1 Å². The van der Waals surface area contributed by atoms with Crippen LogP contribution in [0.5, 0.6) is 5.75 Å². The Bertz CT molecular complexity index is 973. The zero-order valence-electron chi connectivity index (χ0n) is 14.3. The fourth-order valence-corrected chi connectivity index (χ4v) is 3.48. The monoisotopic (exact) mass is 445 g/mol. The third-order valence-corrected chi connectivity index (χ3v) is 4.98. The molecule has 0 fully saturated rings. The molecule has 0 aliphatic carbocycles. The predicted octanol–water partition coefficient (Wildman–Crippen LogP) is 4.67. The number of benzene rings is 2. The van der Waals surface area contributed by atoms with Crippen molar-refractivity contribution >= 4 is 39.7 Å². The van der Waals surface area contributed by atoms with Crippen LogP contribution in [0.3, 0.4) is 0 Å². The average molecular weight is 446 g/mol. The lowest BCUT2D eigenvalue weighted by Crippen LogP contribution is -1.98. The maximum Gasteiger partial charge on any atom is 0.342 e. The number of aromatic amines is 1. The molecule has 1 heterocycles. The number of carboxylic acid groups (broad SMARTS) is 1. The van der Waals surface area contributed by atoms with E-state index in [0.717, 1.165) is 27.4 Å². The van der Waals surface area contributed by atoms with Gasteiger partial charge in [-0.15, -0.1) is 5.10 Å². The predicted molar refractivity (Wildman–Crippen MR) is 108 cm³/mol. The van der Waals surface area contributed by atoms with E-state index in [1.165, 1.54) is 0 Å². The normalized spacial score (nSPS) is 11.4. The molecular weight excluding hydrogens is 430 g/mol. The number of halogens is 1. The van der Waals surface area contributed by atoms with Crippen molar-refractivity contribution in [3.8, 4) is 5.75 Å². The molecule has 0 aliphatic heterocycles. The minimum absolute atomic E-state index is 0.124. The van der Waals surface area contributed by atoms with Gasteiger partial charge in [0.05, 0.1) is 4.47 Å². The van der Waals surface area contributed by atoms with Crippen molar-refractivity contribution < 1.29 is 14.6 Å². The largest absolute Gasteiger partial charge is 0.488 e. The van der Waals surface area contributed by atoms with E-state index in [-0.39, 0.29) is 4.91 Å². The Labute approximate surface area is 168 Å². The Morgan fingerprint density at radius 3 is 2.70 bits per heavy atom. The summed E-state index contributed by atoms with van der Waals surface area (Å²) in [6.07, 6.45) is 1.57. The summed E-state index contributed by atoms with van der Waals surface area (Å²) in [5, 5.41) is 16.5. The minimum atomic E-state index is -1.04. The van der Waals surface area contributed by atoms with Gasteiger partial charge in [0.15, 0.2) is 0 Å². The highest BCUT2D eigenvalue weighted by atomic mass is 79.9. The van der Waals surface area contributed by atoms with Gasteiger partial charge in [-0.2, -0.15) is 0 Å². The SMILES string of the molecule is Cc1nc(S/C(=C\c2ccc(OCc3ccccc3)c(Br)c2)C(=O)O)n[nH]1. The first-order valence-corrected chi connectivity index (χ1v) is 9.60. The maximum absolute atomic E-state index is 11.5. The number of thioether (sulfide) groups is 1. The molecule has 0 atom stereocenters. The molecule has 3 rings (SSSR count). The molecule has 2 aromatic carbocycles. The molecule has 2 N–H and O–H groups in total. The topological polar surface area (TPSA) is 88.1 Å². The van der Waals surface area contributed by atoms with Gasteiger partial charge in [-0.05, 0) is 64.0 Å². The number of ether oxygens (including phenoxy) is 1. The van der Waals surface area contributed by atoms with Crippen LogP contribution in [0.2, 0.25) is 0 Å². The second-order valence-electron chi connectivity index (χ2n) is 5.58. The van der Waals surface area contributed by atoms with Gasteiger partial charge in [-0.1, -0.05) is 36.4 Å². The number of rotatable bonds is 7. The van der Waals surface area contributed by atoms with E-state index in [2.05, 4.69) is 31.1 Å². The second kappa shape index (κ2) is 8.88. The lowest BCUT2D eigenvalue weighted by molar-refractivity contribution is -0.131. The van der Waals surface area contributed by atoms with E-state index in [4.69, 9.17) is 4.74 Å². The molecular formula is C19H16BrN3O3S. The molecule has 0 saturated heterocycles. The number of H-pyrrole nitrogens is 1. The van der Waals surface area contributed by atoms with Gasteiger partial charge >= 0.3 is 5.97 Å². The van der Waals surface area contributed by atoms with Crippen molar-refractivity contribution in [3.05, 3.63) is 74.9 Å². The fraction of sp³-hybridized carbons (Fsp3) is 0.105. The third kappa shape index (κ3) is 5.45. The number of aromatic nitrogens is 3. The van der Waals surface area contributed by atoms with Crippen molar-refractivity contribution in [2.75, 3.05) is 0 Å². The van der Waals surface area contributed by atoms with Crippen LogP contribution in [-0.2, 0) is 11.4 Å². The fourth-order valence-electron chi connectivity index (χ4n) is 2.21. The number of aliphatic carboxylic acids is 1. The summed E-state index contributed by atoms with van der Waals surface area (Å²) in [6, 6.07) is 15.3. The van der Waals surface area contributed by atoms with E-state index in [0.29, 0.717) is 23.3 Å². The number of carbonyl (C=O) groups is 1. The van der Waals surface area contributed by atoms with Gasteiger partial charge in [0, 0.05) is 0 Å². The summed E-state index contributed by atoms with van der Waals surface area (Å²) < 4.78 is 6.56. The van der Waals surface area contributed by atoms with E-state index in [1.807, 2.05) is 36.4 Å². The zero-order valence-corrected chi connectivity index (χ0v) is 16.8. The van der Waals surface area contributed by atoms with Crippen molar-refractivity contribution in [2.24, 2.45) is 0 Å². The van der Waals surface area contributed by atoms with Crippen LogP contribution in [0.1, 0.15) is 17.0 Å². The molecule has 1 aromatic heterocycles. The Morgan fingerprint density at radius 2 is 2.07 bits per heavy atom. The van der Waals surface area contributed by atoms with Gasteiger partial charge in [-0.25, -0.2) is 9.78 Å². The van der Waals surface area contributed by atoms with Gasteiger partial charge in [0.2, 0.25) is 5.16 Å². The molecule has 0 radical (unpaired) electrons. The Morgan fingerprint density at radius 1 is 1.30 bits per heavy atom. The smallest absolute Gasteiger partial charge is 0.342 e. The van der Waals surface area contributed by atoms with Gasteiger partial charge < -0.3 is 9.84 Å². The highest BCUT2D eigenvalue weighted by molar-refractivity contribution is 9.10. The number of aryl methyl sites for hydroxylation is 1. The summed E-state index contributed by atoms with van der Waals surface area (Å²) in [5.41, 5.74) is 1.80. The highest BCUT2D eigenvalue weighted by Crippen LogP contribution is 2.30. The lowest BCUT2D eigenvalue weighted by atomic mass is 10.2. The van der Waals surface area contributed by atoms with Crippen molar-refractivity contribution in [3.63, 3.8) is 0 Å². The summed E-state index contributed by atoms with van der Waals surface area (Å²) in [5.74, 6) is 0.276. The molecule has 3 aromatic rings. The highest BCUT2D eigenvalue weighted by Gasteiger charge is 2.13. The number of nitrogens with one attached hydrogen (secondary N) is 1. The second-order valence-corrected chi connectivity index (χ2v) is 7.45. The molecule has 8 heteroatoms. The molecule has 0 amide bonds. The van der Waals surface area contributed by atoms with E-state index in [1.54, 1.807) is 25.1 Å². The quantitative estimate of drug-likeness (QED) is 0.405. The molecule has 6 nitrogen and oxygen atoms in total. The van der Waals surface area contributed by atoms with Crippen molar-refractivity contribution in [1.82, 2.24) is 15.2 Å². The molecule has 0 spiro atoms. The first-order valence-electron chi connectivity index (χ1n) is 7.99. The van der Waals surface area contributed by atoms with Crippen LogP contribution in [0.4, 0.5) is 0 Å². The van der Waals surface area contributed by atoms with Crippen LogP contribution < -0.4 is 4.74 Å². The average Bonchev–Trinajstić information content (AvgIpc) is 3.06. The molecule has 0 unspecified atom stereocenters. The third-order valence-electron chi connectivity index (χ3n) is 3.48. The van der Waals surface area contributed by atoms with Gasteiger partial charge in [-0.3, -0.25) is 5.10 Å². The van der Waals surface area contributed by atoms with E-state index < -0.39 is 5.97 Å². The van der Waals surface area contributed by atoms with Crippen LogP contribution in [0.25, 0.3) is 6.08 Å². The van der Waals surface area contributed by atoms with E-state index in [9.17, 15) is 9.90 Å². The number of hydrogen-bond donors (Lipinski definition) is 2. The Kier molecular flexibility index (Phi) is 6.31. The molecule has 27 heavy (non-hydrogen) atoms. The summed E-state index contributed by atoms with van der Waals surface area (Å²) in [4.78, 5) is 15.8. The Hall–Kier alpha value is -2.58. The lowest BCUT2D eigenvalue weighted by Gasteiger charge is -2.09. The van der Waals surface area contributed by atoms with Gasteiger partial charge in [0.25, 0.3) is 0 Å². The number of nitrogens with zero attached hydrogens (tertiary/aromatic N) is 2. The number of carboxylic acids is 1. The van der Waals surface area contributed by atoms with Crippen molar-refractivity contribution in [1.29, 1.82) is 0 Å². The molecule has 0 bridgehead atoms. The van der Waals surface area contributed by atoms with Crippen molar-refractivity contribution in [2.45, 2.75) is 18.7 Å². The maximum atomic E-state index is 11.5. The van der Waals surface area contributed by atoms with Crippen LogP contribution >= 0.6 is 27.7 Å².